The molecule has 1 saturated carbocycles. The van der Waals surface area contributed by atoms with Gasteiger partial charge in [0.1, 0.15) is 0 Å². The Morgan fingerprint density at radius 1 is 1.28 bits per heavy atom. The summed E-state index contributed by atoms with van der Waals surface area (Å²) in [5.74, 6) is 0.672. The van der Waals surface area contributed by atoms with Crippen LogP contribution in [-0.4, -0.2) is 22.7 Å². The summed E-state index contributed by atoms with van der Waals surface area (Å²) >= 11 is 0. The van der Waals surface area contributed by atoms with Crippen LogP contribution in [0, 0.1) is 0 Å². The molecule has 2 aliphatic rings. The van der Waals surface area contributed by atoms with E-state index >= 15 is 0 Å². The molecule has 2 heterocycles. The lowest BCUT2D eigenvalue weighted by Gasteiger charge is -2.29. The fourth-order valence-corrected chi connectivity index (χ4v) is 2.80. The van der Waals surface area contributed by atoms with Gasteiger partial charge in [0.15, 0.2) is 0 Å². The Bertz CT molecular complexity index is 389. The average molecular weight is 269 g/mol. The van der Waals surface area contributed by atoms with Crippen LogP contribution in [0.3, 0.4) is 0 Å². The zero-order valence-electron chi connectivity index (χ0n) is 10.5. The molecule has 1 aromatic heterocycles. The molecule has 1 saturated heterocycles. The van der Waals surface area contributed by atoms with E-state index < -0.39 is 0 Å². The minimum atomic E-state index is -0.389. The zero-order chi connectivity index (χ0) is 11.7. The number of nitrogens with one attached hydrogen (secondary N) is 1. The van der Waals surface area contributed by atoms with E-state index in [0.29, 0.717) is 5.92 Å². The standard InChI is InChI=1S/C14H20N2O.ClH/c17-14(13-3-1-2-7-16-13)12-9-15-8-6-11(12)10-4-5-10;/h6,8-10,13-14,16-17H,1-5,7H2;1H/t13-,14?;/m0./s1. The van der Waals surface area contributed by atoms with Gasteiger partial charge in [-0.2, -0.15) is 0 Å². The van der Waals surface area contributed by atoms with Crippen LogP contribution in [0.2, 0.25) is 0 Å². The Hall–Kier alpha value is -0.640. The first-order valence-corrected chi connectivity index (χ1v) is 6.71. The molecule has 1 aromatic rings. The first-order valence-electron chi connectivity index (χ1n) is 6.71. The van der Waals surface area contributed by atoms with Gasteiger partial charge in [-0.1, -0.05) is 6.42 Å². The maximum atomic E-state index is 10.5. The molecule has 4 heteroatoms. The number of hydrogen-bond acceptors (Lipinski definition) is 3. The van der Waals surface area contributed by atoms with E-state index in [9.17, 15) is 5.11 Å². The number of hydrogen-bond donors (Lipinski definition) is 2. The van der Waals surface area contributed by atoms with Crippen LogP contribution in [0.5, 0.6) is 0 Å². The first-order chi connectivity index (χ1) is 8.36. The van der Waals surface area contributed by atoms with Crippen LogP contribution in [0.15, 0.2) is 18.5 Å². The smallest absolute Gasteiger partial charge is 0.0960 e. The summed E-state index contributed by atoms with van der Waals surface area (Å²) in [6.45, 7) is 1.03. The Morgan fingerprint density at radius 3 is 2.78 bits per heavy atom. The van der Waals surface area contributed by atoms with Crippen LogP contribution < -0.4 is 5.32 Å². The topological polar surface area (TPSA) is 45.2 Å². The van der Waals surface area contributed by atoms with Crippen molar-refractivity contribution < 1.29 is 5.11 Å². The normalized spacial score (nSPS) is 25.3. The van der Waals surface area contributed by atoms with E-state index in [1.54, 1.807) is 0 Å². The average Bonchev–Trinajstić information content (AvgIpc) is 3.23. The quantitative estimate of drug-likeness (QED) is 0.886. The third kappa shape index (κ3) is 2.85. The molecule has 0 aromatic carbocycles. The van der Waals surface area contributed by atoms with Gasteiger partial charge in [0.05, 0.1) is 6.10 Å². The summed E-state index contributed by atoms with van der Waals surface area (Å²) in [5, 5.41) is 13.9. The summed E-state index contributed by atoms with van der Waals surface area (Å²) < 4.78 is 0. The summed E-state index contributed by atoms with van der Waals surface area (Å²) in [6.07, 6.45) is 9.36. The van der Waals surface area contributed by atoms with E-state index in [-0.39, 0.29) is 24.6 Å². The van der Waals surface area contributed by atoms with Crippen molar-refractivity contribution in [2.75, 3.05) is 6.54 Å². The maximum absolute atomic E-state index is 10.5. The predicted molar refractivity (Wildman–Crippen MR) is 74.1 cm³/mol. The van der Waals surface area contributed by atoms with Crippen LogP contribution in [-0.2, 0) is 0 Å². The monoisotopic (exact) mass is 268 g/mol. The molecule has 1 aliphatic carbocycles. The van der Waals surface area contributed by atoms with Crippen molar-refractivity contribution in [2.45, 2.75) is 50.2 Å². The van der Waals surface area contributed by atoms with E-state index in [1.165, 1.54) is 31.2 Å². The van der Waals surface area contributed by atoms with Gasteiger partial charge in [0.25, 0.3) is 0 Å². The molecule has 18 heavy (non-hydrogen) atoms. The highest BCUT2D eigenvalue weighted by molar-refractivity contribution is 5.85. The summed E-state index contributed by atoms with van der Waals surface area (Å²) in [4.78, 5) is 4.18. The Balaban J connectivity index is 0.00000120. The SMILES string of the molecule is Cl.OC(c1cnccc1C1CC1)[C@@H]1CCCCN1. The molecular weight excluding hydrogens is 248 g/mol. The highest BCUT2D eigenvalue weighted by Crippen LogP contribution is 2.43. The van der Waals surface area contributed by atoms with Gasteiger partial charge in [0.2, 0.25) is 0 Å². The third-order valence-corrected chi connectivity index (χ3v) is 3.95. The maximum Gasteiger partial charge on any atom is 0.0960 e. The van der Waals surface area contributed by atoms with Crippen molar-refractivity contribution >= 4 is 12.4 Å². The van der Waals surface area contributed by atoms with Gasteiger partial charge in [0, 0.05) is 24.0 Å². The number of aliphatic hydroxyl groups is 1. The predicted octanol–water partition coefficient (Wildman–Crippen LogP) is 2.56. The number of aliphatic hydroxyl groups excluding tert-OH is 1. The Labute approximate surface area is 114 Å². The molecule has 100 valence electrons. The molecule has 3 rings (SSSR count). The second-order valence-corrected chi connectivity index (χ2v) is 5.28. The lowest BCUT2D eigenvalue weighted by atomic mass is 9.92. The minimum absolute atomic E-state index is 0. The van der Waals surface area contributed by atoms with E-state index in [4.69, 9.17) is 0 Å². The van der Waals surface area contributed by atoms with Crippen molar-refractivity contribution in [2.24, 2.45) is 0 Å². The molecule has 0 spiro atoms. The fourth-order valence-electron chi connectivity index (χ4n) is 2.80. The number of aromatic nitrogens is 1. The van der Waals surface area contributed by atoms with E-state index in [0.717, 1.165) is 18.5 Å². The van der Waals surface area contributed by atoms with Crippen molar-refractivity contribution in [3.63, 3.8) is 0 Å². The van der Waals surface area contributed by atoms with Crippen LogP contribution in [0.25, 0.3) is 0 Å². The van der Waals surface area contributed by atoms with Gasteiger partial charge in [-0.05, 0) is 49.8 Å². The van der Waals surface area contributed by atoms with Gasteiger partial charge >= 0.3 is 0 Å². The van der Waals surface area contributed by atoms with E-state index in [2.05, 4.69) is 16.4 Å². The van der Waals surface area contributed by atoms with Crippen LogP contribution in [0.4, 0.5) is 0 Å². The fraction of sp³-hybridized carbons (Fsp3) is 0.643. The number of halogens is 1. The number of rotatable bonds is 3. The van der Waals surface area contributed by atoms with Gasteiger partial charge in [-0.3, -0.25) is 4.98 Å². The van der Waals surface area contributed by atoms with Crippen molar-refractivity contribution in [3.8, 4) is 0 Å². The summed E-state index contributed by atoms with van der Waals surface area (Å²) in [7, 11) is 0. The van der Waals surface area contributed by atoms with Gasteiger partial charge in [-0.25, -0.2) is 0 Å². The Kier molecular flexibility index (Phi) is 4.60. The number of piperidine rings is 1. The summed E-state index contributed by atoms with van der Waals surface area (Å²) in [6, 6.07) is 2.30. The second-order valence-electron chi connectivity index (χ2n) is 5.28. The molecule has 1 unspecified atom stereocenters. The molecule has 3 nitrogen and oxygen atoms in total. The molecule has 0 amide bonds. The van der Waals surface area contributed by atoms with Crippen molar-refractivity contribution in [3.05, 3.63) is 29.6 Å². The minimum Gasteiger partial charge on any atom is -0.387 e. The molecule has 1 aliphatic heterocycles. The van der Waals surface area contributed by atoms with Crippen LogP contribution >= 0.6 is 12.4 Å². The van der Waals surface area contributed by atoms with Gasteiger partial charge in [-0.15, -0.1) is 12.4 Å². The highest BCUT2D eigenvalue weighted by atomic mass is 35.5. The number of pyridine rings is 1. The molecule has 0 bridgehead atoms. The van der Waals surface area contributed by atoms with E-state index in [1.807, 2.05) is 12.4 Å². The third-order valence-electron chi connectivity index (χ3n) is 3.95. The number of nitrogens with zero attached hydrogens (tertiary/aromatic N) is 1. The molecular formula is C14H21ClN2O. The van der Waals surface area contributed by atoms with Crippen molar-refractivity contribution in [1.29, 1.82) is 0 Å². The highest BCUT2D eigenvalue weighted by Gasteiger charge is 2.31. The van der Waals surface area contributed by atoms with Crippen LogP contribution in [0.1, 0.15) is 55.3 Å². The molecule has 2 fully saturated rings. The van der Waals surface area contributed by atoms with Crippen molar-refractivity contribution in [1.82, 2.24) is 10.3 Å². The van der Waals surface area contributed by atoms with Gasteiger partial charge < -0.3 is 10.4 Å². The zero-order valence-corrected chi connectivity index (χ0v) is 11.3. The Morgan fingerprint density at radius 2 is 2.11 bits per heavy atom. The lowest BCUT2D eigenvalue weighted by molar-refractivity contribution is 0.112. The second kappa shape index (κ2) is 6.00. The largest absolute Gasteiger partial charge is 0.387 e. The molecule has 0 radical (unpaired) electrons. The molecule has 2 atom stereocenters. The molecule has 2 N–H and O–H groups in total. The summed E-state index contributed by atoms with van der Waals surface area (Å²) in [5.41, 5.74) is 2.37. The lowest BCUT2D eigenvalue weighted by Crippen LogP contribution is -2.39. The first kappa shape index (κ1) is 13.8.